The number of rotatable bonds is 8. The second kappa shape index (κ2) is 14.3. The van der Waals surface area contributed by atoms with Crippen molar-refractivity contribution in [1.29, 1.82) is 0 Å². The minimum absolute atomic E-state index is 0. The van der Waals surface area contributed by atoms with Gasteiger partial charge in [-0.2, -0.15) is 0 Å². The third-order valence-electron chi connectivity index (χ3n) is 5.83. The highest BCUT2D eigenvalue weighted by Crippen LogP contribution is 2.27. The van der Waals surface area contributed by atoms with Gasteiger partial charge in [0.05, 0.1) is 14.2 Å². The summed E-state index contributed by atoms with van der Waals surface area (Å²) in [4.78, 5) is 9.30. The summed E-state index contributed by atoms with van der Waals surface area (Å²) in [6.07, 6.45) is 1.24. The van der Waals surface area contributed by atoms with E-state index in [4.69, 9.17) is 9.47 Å². The van der Waals surface area contributed by atoms with Gasteiger partial charge >= 0.3 is 0 Å². The Morgan fingerprint density at radius 3 is 2.15 bits per heavy atom. The number of aliphatic imine (C=N–C) groups is 1. The lowest BCUT2D eigenvalue weighted by molar-refractivity contribution is 0.269. The van der Waals surface area contributed by atoms with Gasteiger partial charge in [-0.25, -0.2) is 0 Å². The van der Waals surface area contributed by atoms with Crippen LogP contribution in [0.1, 0.15) is 23.1 Å². The van der Waals surface area contributed by atoms with Gasteiger partial charge in [-0.1, -0.05) is 30.3 Å². The van der Waals surface area contributed by atoms with E-state index in [1.165, 1.54) is 30.6 Å². The quantitative estimate of drug-likeness (QED) is 0.290. The van der Waals surface area contributed by atoms with Crippen LogP contribution in [-0.4, -0.2) is 70.3 Å². The van der Waals surface area contributed by atoms with Crippen molar-refractivity contribution in [3.8, 4) is 11.5 Å². The molecule has 1 saturated heterocycles. The molecule has 0 aromatic heterocycles. The van der Waals surface area contributed by atoms with Crippen molar-refractivity contribution in [3.63, 3.8) is 0 Å². The number of guanidine groups is 1. The maximum absolute atomic E-state index is 5.38. The number of methoxy groups -OCH3 is 2. The van der Waals surface area contributed by atoms with Crippen molar-refractivity contribution in [2.75, 3.05) is 54.5 Å². The summed E-state index contributed by atoms with van der Waals surface area (Å²) in [5.74, 6) is 2.21. The molecule has 2 aromatic rings. The van der Waals surface area contributed by atoms with E-state index in [2.05, 4.69) is 56.7 Å². The van der Waals surface area contributed by atoms with Crippen LogP contribution in [0.2, 0.25) is 0 Å². The predicted molar refractivity (Wildman–Crippen MR) is 146 cm³/mol. The lowest BCUT2D eigenvalue weighted by atomic mass is 10.1. The minimum atomic E-state index is 0. The summed E-state index contributed by atoms with van der Waals surface area (Å²) in [6, 6.07) is 14.8. The number of nitrogens with zero attached hydrogens (tertiary/aromatic N) is 3. The number of nitrogens with one attached hydrogen (secondary N) is 2. The van der Waals surface area contributed by atoms with E-state index in [0.717, 1.165) is 49.2 Å². The highest BCUT2D eigenvalue weighted by atomic mass is 127. The molecule has 0 bridgehead atoms. The molecule has 0 atom stereocenters. The number of hydrogen-bond acceptors (Lipinski definition) is 5. The molecule has 1 heterocycles. The van der Waals surface area contributed by atoms with Gasteiger partial charge in [0.25, 0.3) is 0 Å². The van der Waals surface area contributed by atoms with Crippen molar-refractivity contribution >= 4 is 29.9 Å². The van der Waals surface area contributed by atoms with Crippen LogP contribution >= 0.6 is 24.0 Å². The van der Waals surface area contributed by atoms with E-state index in [0.29, 0.717) is 6.54 Å². The molecule has 7 nitrogen and oxygen atoms in total. The SMILES string of the molecule is CN=C(NCc1ccc(CN2CCCN(C)CC2)cc1)NCc1ccc(OC)c(OC)c1.I. The third-order valence-corrected chi connectivity index (χ3v) is 5.83. The molecular weight excluding hydrogens is 529 g/mol. The molecular formula is C25H38IN5O2. The molecule has 0 saturated carbocycles. The fourth-order valence-electron chi connectivity index (χ4n) is 3.86. The van der Waals surface area contributed by atoms with E-state index in [1.807, 2.05) is 18.2 Å². The first kappa shape index (κ1) is 27.2. The van der Waals surface area contributed by atoms with Crippen molar-refractivity contribution in [3.05, 3.63) is 59.2 Å². The van der Waals surface area contributed by atoms with Crippen molar-refractivity contribution in [1.82, 2.24) is 20.4 Å². The van der Waals surface area contributed by atoms with Gasteiger partial charge < -0.3 is 25.0 Å². The van der Waals surface area contributed by atoms with Crippen LogP contribution in [0.5, 0.6) is 11.5 Å². The monoisotopic (exact) mass is 567 g/mol. The largest absolute Gasteiger partial charge is 0.493 e. The summed E-state index contributed by atoms with van der Waals surface area (Å²) in [6.45, 7) is 7.05. The Bertz CT molecular complexity index is 876. The fourth-order valence-corrected chi connectivity index (χ4v) is 3.86. The average molecular weight is 568 g/mol. The molecule has 182 valence electrons. The lowest BCUT2D eigenvalue weighted by Gasteiger charge is -2.20. The zero-order chi connectivity index (χ0) is 22.8. The van der Waals surface area contributed by atoms with E-state index < -0.39 is 0 Å². The molecule has 1 fully saturated rings. The Morgan fingerprint density at radius 2 is 1.48 bits per heavy atom. The van der Waals surface area contributed by atoms with Gasteiger partial charge in [-0.3, -0.25) is 9.89 Å². The van der Waals surface area contributed by atoms with Crippen LogP contribution in [0.3, 0.4) is 0 Å². The number of ether oxygens (including phenoxy) is 2. The topological polar surface area (TPSA) is 61.4 Å². The molecule has 0 unspecified atom stereocenters. The van der Waals surface area contributed by atoms with E-state index >= 15 is 0 Å². The van der Waals surface area contributed by atoms with Crippen molar-refractivity contribution in [2.45, 2.75) is 26.1 Å². The zero-order valence-electron chi connectivity index (χ0n) is 20.3. The summed E-state index contributed by atoms with van der Waals surface area (Å²) in [7, 11) is 7.28. The molecule has 8 heteroatoms. The standard InChI is InChI=1S/C25H37N5O2.HI/c1-26-25(28-18-22-10-11-23(31-3)24(16-22)32-4)27-17-20-6-8-21(9-7-20)19-30-13-5-12-29(2)14-15-30;/h6-11,16H,5,12-15,17-19H2,1-4H3,(H2,26,27,28);1H. The summed E-state index contributed by atoms with van der Waals surface area (Å²) in [5, 5.41) is 6.74. The van der Waals surface area contributed by atoms with Crippen LogP contribution in [0, 0.1) is 0 Å². The first-order valence-corrected chi connectivity index (χ1v) is 11.3. The Labute approximate surface area is 215 Å². The molecule has 1 aliphatic rings. The second-order valence-corrected chi connectivity index (χ2v) is 8.22. The predicted octanol–water partition coefficient (Wildman–Crippen LogP) is 3.32. The molecule has 2 N–H and O–H groups in total. The fraction of sp³-hybridized carbons (Fsp3) is 0.480. The Kier molecular flexibility index (Phi) is 11.8. The molecule has 33 heavy (non-hydrogen) atoms. The molecule has 3 rings (SSSR count). The average Bonchev–Trinajstić information content (AvgIpc) is 3.03. The third kappa shape index (κ3) is 8.68. The van der Waals surface area contributed by atoms with Crippen molar-refractivity contribution in [2.24, 2.45) is 4.99 Å². The maximum Gasteiger partial charge on any atom is 0.191 e. The first-order chi connectivity index (χ1) is 15.6. The Balaban J connectivity index is 0.00000385. The summed E-state index contributed by atoms with van der Waals surface area (Å²) >= 11 is 0. The van der Waals surface area contributed by atoms with E-state index in [-0.39, 0.29) is 24.0 Å². The summed E-state index contributed by atoms with van der Waals surface area (Å²) < 4.78 is 10.7. The van der Waals surface area contributed by atoms with Gasteiger partial charge in [0.1, 0.15) is 0 Å². The molecule has 2 aromatic carbocycles. The highest BCUT2D eigenvalue weighted by molar-refractivity contribution is 14.0. The number of hydrogen-bond donors (Lipinski definition) is 2. The molecule has 0 spiro atoms. The smallest absolute Gasteiger partial charge is 0.191 e. The molecule has 1 aliphatic heterocycles. The molecule has 0 radical (unpaired) electrons. The van der Waals surface area contributed by atoms with Gasteiger partial charge in [0, 0.05) is 39.8 Å². The molecule has 0 aliphatic carbocycles. The molecule has 0 amide bonds. The lowest BCUT2D eigenvalue weighted by Crippen LogP contribution is -2.36. The number of benzene rings is 2. The Morgan fingerprint density at radius 1 is 0.848 bits per heavy atom. The van der Waals surface area contributed by atoms with E-state index in [1.54, 1.807) is 21.3 Å². The van der Waals surface area contributed by atoms with Gasteiger partial charge in [-0.05, 0) is 55.4 Å². The normalized spacial score (nSPS) is 15.3. The minimum Gasteiger partial charge on any atom is -0.493 e. The van der Waals surface area contributed by atoms with Gasteiger partial charge in [0.2, 0.25) is 0 Å². The number of halogens is 1. The van der Waals surface area contributed by atoms with Crippen LogP contribution in [0.25, 0.3) is 0 Å². The zero-order valence-corrected chi connectivity index (χ0v) is 22.6. The number of likely N-dealkylation sites (N-methyl/N-ethyl adjacent to an activating group) is 1. The van der Waals surface area contributed by atoms with E-state index in [9.17, 15) is 0 Å². The van der Waals surface area contributed by atoms with Gasteiger partial charge in [-0.15, -0.1) is 24.0 Å². The Hall–Kier alpha value is -2.04. The maximum atomic E-state index is 5.38. The van der Waals surface area contributed by atoms with Crippen molar-refractivity contribution < 1.29 is 9.47 Å². The second-order valence-electron chi connectivity index (χ2n) is 8.22. The van der Waals surface area contributed by atoms with Crippen LogP contribution in [0.4, 0.5) is 0 Å². The highest BCUT2D eigenvalue weighted by Gasteiger charge is 2.12. The summed E-state index contributed by atoms with van der Waals surface area (Å²) in [5.41, 5.74) is 3.70. The van der Waals surface area contributed by atoms with Gasteiger partial charge in [0.15, 0.2) is 17.5 Å². The van der Waals surface area contributed by atoms with Crippen LogP contribution in [-0.2, 0) is 19.6 Å². The van der Waals surface area contributed by atoms with Crippen LogP contribution < -0.4 is 20.1 Å². The first-order valence-electron chi connectivity index (χ1n) is 11.3. The van der Waals surface area contributed by atoms with Crippen LogP contribution in [0.15, 0.2) is 47.5 Å².